The maximum Gasteiger partial charge on any atom is 0.267 e. The van der Waals surface area contributed by atoms with Crippen LogP contribution in [0.2, 0.25) is 0 Å². The number of benzene rings is 1. The number of fused-ring (bicyclic) bond motifs is 1. The molecule has 2 N–H and O–H groups in total. The van der Waals surface area contributed by atoms with Gasteiger partial charge in [0.05, 0.1) is 5.69 Å². The molecule has 3 rings (SSSR count). The van der Waals surface area contributed by atoms with Gasteiger partial charge in [0, 0.05) is 23.2 Å². The minimum atomic E-state index is -0.114. The van der Waals surface area contributed by atoms with Crippen LogP contribution in [-0.4, -0.2) is 31.4 Å². The van der Waals surface area contributed by atoms with Crippen LogP contribution < -0.4 is 20.2 Å². The Hall–Kier alpha value is -1.76. The topological polar surface area (TPSA) is 72.0 Å². The predicted molar refractivity (Wildman–Crippen MR) is 78.4 cm³/mol. The number of amides is 1. The molecule has 106 valence electrons. The molecule has 2 aliphatic heterocycles. The molecule has 0 aromatic heterocycles. The van der Waals surface area contributed by atoms with Crippen molar-refractivity contribution in [3.63, 3.8) is 0 Å². The number of rotatable bonds is 2. The molecular formula is C13H14BrN3O3. The summed E-state index contributed by atoms with van der Waals surface area (Å²) in [4.78, 5) is 11.6. The number of halogens is 1. The first kappa shape index (κ1) is 13.2. The summed E-state index contributed by atoms with van der Waals surface area (Å²) >= 11 is 3.45. The van der Waals surface area contributed by atoms with Crippen LogP contribution in [0, 0.1) is 0 Å². The SMILES string of the molecule is O=C1NCCCC1=NNc1cc2c(cc1Br)OCCO2. The lowest BCUT2D eigenvalue weighted by atomic mass is 10.1. The molecule has 0 atom stereocenters. The normalized spacial score (nSPS) is 19.6. The van der Waals surface area contributed by atoms with Gasteiger partial charge in [0.2, 0.25) is 0 Å². The summed E-state index contributed by atoms with van der Waals surface area (Å²) in [5.41, 5.74) is 4.16. The van der Waals surface area contributed by atoms with E-state index in [9.17, 15) is 4.79 Å². The Morgan fingerprint density at radius 1 is 1.25 bits per heavy atom. The molecule has 1 saturated heterocycles. The highest BCUT2D eigenvalue weighted by molar-refractivity contribution is 9.10. The first-order valence-corrected chi connectivity index (χ1v) is 7.23. The highest BCUT2D eigenvalue weighted by Gasteiger charge is 2.17. The van der Waals surface area contributed by atoms with Crippen LogP contribution in [0.1, 0.15) is 12.8 Å². The van der Waals surface area contributed by atoms with E-state index in [1.165, 1.54) is 0 Å². The second-order valence-corrected chi connectivity index (χ2v) is 5.36. The fraction of sp³-hybridized carbons (Fsp3) is 0.385. The fourth-order valence-electron chi connectivity index (χ4n) is 2.06. The lowest BCUT2D eigenvalue weighted by Gasteiger charge is -2.20. The van der Waals surface area contributed by atoms with Crippen LogP contribution >= 0.6 is 15.9 Å². The van der Waals surface area contributed by atoms with E-state index in [4.69, 9.17) is 9.47 Å². The fourth-order valence-corrected chi connectivity index (χ4v) is 2.47. The van der Waals surface area contributed by atoms with E-state index in [-0.39, 0.29) is 5.91 Å². The zero-order chi connectivity index (χ0) is 13.9. The summed E-state index contributed by atoms with van der Waals surface area (Å²) in [6.07, 6.45) is 1.59. The van der Waals surface area contributed by atoms with Crippen molar-refractivity contribution >= 4 is 33.2 Å². The number of hydrazone groups is 1. The summed E-state index contributed by atoms with van der Waals surface area (Å²) in [7, 11) is 0. The molecule has 20 heavy (non-hydrogen) atoms. The van der Waals surface area contributed by atoms with Gasteiger partial charge in [0.25, 0.3) is 5.91 Å². The number of nitrogens with zero attached hydrogens (tertiary/aromatic N) is 1. The third-order valence-electron chi connectivity index (χ3n) is 3.08. The van der Waals surface area contributed by atoms with Gasteiger partial charge in [0.1, 0.15) is 18.9 Å². The minimum Gasteiger partial charge on any atom is -0.486 e. The lowest BCUT2D eigenvalue weighted by molar-refractivity contribution is -0.115. The van der Waals surface area contributed by atoms with Crippen molar-refractivity contribution in [1.29, 1.82) is 0 Å². The van der Waals surface area contributed by atoms with E-state index in [2.05, 4.69) is 31.8 Å². The van der Waals surface area contributed by atoms with Gasteiger partial charge in [-0.3, -0.25) is 10.2 Å². The number of hydrogen-bond acceptors (Lipinski definition) is 5. The number of carbonyl (C=O) groups excluding carboxylic acids is 1. The first-order chi connectivity index (χ1) is 9.74. The molecule has 1 aromatic carbocycles. The molecule has 6 nitrogen and oxygen atoms in total. The quantitative estimate of drug-likeness (QED) is 0.807. The van der Waals surface area contributed by atoms with Gasteiger partial charge in [-0.2, -0.15) is 5.10 Å². The van der Waals surface area contributed by atoms with E-state index >= 15 is 0 Å². The van der Waals surface area contributed by atoms with Gasteiger partial charge in [-0.05, 0) is 28.8 Å². The second kappa shape index (κ2) is 5.70. The van der Waals surface area contributed by atoms with Crippen molar-refractivity contribution < 1.29 is 14.3 Å². The van der Waals surface area contributed by atoms with Crippen molar-refractivity contribution in [3.05, 3.63) is 16.6 Å². The van der Waals surface area contributed by atoms with E-state index < -0.39 is 0 Å². The van der Waals surface area contributed by atoms with Crippen LogP contribution in [0.25, 0.3) is 0 Å². The van der Waals surface area contributed by atoms with E-state index in [1.54, 1.807) is 0 Å². The largest absolute Gasteiger partial charge is 0.486 e. The summed E-state index contributed by atoms with van der Waals surface area (Å²) < 4.78 is 11.8. The van der Waals surface area contributed by atoms with Crippen molar-refractivity contribution in [3.8, 4) is 11.5 Å². The Bertz CT molecular complexity index is 574. The Kier molecular flexibility index (Phi) is 3.77. The van der Waals surface area contributed by atoms with Crippen molar-refractivity contribution in [2.24, 2.45) is 5.10 Å². The van der Waals surface area contributed by atoms with Crippen molar-refractivity contribution in [2.45, 2.75) is 12.8 Å². The van der Waals surface area contributed by atoms with Gasteiger partial charge in [0.15, 0.2) is 11.5 Å². The van der Waals surface area contributed by atoms with Crippen LogP contribution in [-0.2, 0) is 4.79 Å². The number of ether oxygens (including phenoxy) is 2. The number of carbonyl (C=O) groups is 1. The standard InChI is InChI=1S/C13H14BrN3O3/c14-8-6-11-12(20-5-4-19-11)7-10(8)17-16-9-2-1-3-15-13(9)18/h6-7,17H,1-5H2,(H,15,18). The molecule has 1 fully saturated rings. The van der Waals surface area contributed by atoms with Crippen LogP contribution in [0.3, 0.4) is 0 Å². The monoisotopic (exact) mass is 339 g/mol. The highest BCUT2D eigenvalue weighted by atomic mass is 79.9. The maximum atomic E-state index is 11.6. The zero-order valence-corrected chi connectivity index (χ0v) is 12.3. The molecule has 0 aliphatic carbocycles. The number of anilines is 1. The second-order valence-electron chi connectivity index (χ2n) is 4.51. The molecule has 0 saturated carbocycles. The predicted octanol–water partition coefficient (Wildman–Crippen LogP) is 1.90. The lowest BCUT2D eigenvalue weighted by Crippen LogP contribution is -2.37. The molecular weight excluding hydrogens is 326 g/mol. The first-order valence-electron chi connectivity index (χ1n) is 6.44. The van der Waals surface area contributed by atoms with E-state index in [0.717, 1.165) is 16.6 Å². The van der Waals surface area contributed by atoms with Crippen LogP contribution in [0.5, 0.6) is 11.5 Å². The average molecular weight is 340 g/mol. The van der Waals surface area contributed by atoms with Gasteiger partial charge in [-0.25, -0.2) is 0 Å². The molecule has 0 radical (unpaired) electrons. The minimum absolute atomic E-state index is 0.114. The van der Waals surface area contributed by atoms with E-state index in [1.807, 2.05) is 12.1 Å². The van der Waals surface area contributed by atoms with Gasteiger partial charge in [-0.15, -0.1) is 0 Å². The maximum absolute atomic E-state index is 11.6. The third-order valence-corrected chi connectivity index (χ3v) is 3.74. The highest BCUT2D eigenvalue weighted by Crippen LogP contribution is 2.38. The molecule has 1 aromatic rings. The molecule has 0 spiro atoms. The molecule has 2 heterocycles. The van der Waals surface area contributed by atoms with Gasteiger partial charge < -0.3 is 14.8 Å². The van der Waals surface area contributed by atoms with Gasteiger partial charge in [-0.1, -0.05) is 0 Å². The van der Waals surface area contributed by atoms with Gasteiger partial charge >= 0.3 is 0 Å². The van der Waals surface area contributed by atoms with E-state index in [0.29, 0.717) is 43.4 Å². The summed E-state index contributed by atoms with van der Waals surface area (Å²) in [6, 6.07) is 3.64. The van der Waals surface area contributed by atoms with Crippen LogP contribution in [0.4, 0.5) is 5.69 Å². The summed E-state index contributed by atoms with van der Waals surface area (Å²) in [5, 5.41) is 6.94. The average Bonchev–Trinajstić information content (AvgIpc) is 2.46. The third kappa shape index (κ3) is 2.72. The molecule has 0 bridgehead atoms. The Morgan fingerprint density at radius 3 is 2.75 bits per heavy atom. The zero-order valence-electron chi connectivity index (χ0n) is 10.7. The Labute approximate surface area is 124 Å². The molecule has 0 unspecified atom stereocenters. The van der Waals surface area contributed by atoms with Crippen molar-refractivity contribution in [2.75, 3.05) is 25.2 Å². The summed E-state index contributed by atoms with van der Waals surface area (Å²) in [5.74, 6) is 1.27. The van der Waals surface area contributed by atoms with Crippen molar-refractivity contribution in [1.82, 2.24) is 5.32 Å². The summed E-state index contributed by atoms with van der Waals surface area (Å²) in [6.45, 7) is 1.80. The smallest absolute Gasteiger partial charge is 0.267 e. The Balaban J connectivity index is 1.80. The van der Waals surface area contributed by atoms with Crippen LogP contribution in [0.15, 0.2) is 21.7 Å². The molecule has 1 amide bonds. The molecule has 7 heteroatoms. The number of hydrogen-bond donors (Lipinski definition) is 2. The number of piperidine rings is 1. The molecule has 2 aliphatic rings. The number of nitrogens with one attached hydrogen (secondary N) is 2. The Morgan fingerprint density at radius 2 is 2.00 bits per heavy atom.